The van der Waals surface area contributed by atoms with Crippen molar-refractivity contribution in [3.05, 3.63) is 48.4 Å². The number of amides is 1. The van der Waals surface area contributed by atoms with Gasteiger partial charge < -0.3 is 21.7 Å². The average molecular weight is 377 g/mol. The Labute approximate surface area is 162 Å². The lowest BCUT2D eigenvalue weighted by atomic mass is 9.96. The number of nitrogen functional groups attached to an aromatic ring is 1. The molecule has 2 fully saturated rings. The molecule has 2 aliphatic rings. The third kappa shape index (κ3) is 2.72. The van der Waals surface area contributed by atoms with Crippen LogP contribution in [0.2, 0.25) is 0 Å². The molecule has 2 aliphatic heterocycles. The quantitative estimate of drug-likeness (QED) is 0.641. The van der Waals surface area contributed by atoms with Crippen LogP contribution in [0.1, 0.15) is 36.0 Å². The van der Waals surface area contributed by atoms with Gasteiger partial charge in [-0.3, -0.25) is 4.79 Å². The Kier molecular flexibility index (Phi) is 3.85. The van der Waals surface area contributed by atoms with Gasteiger partial charge >= 0.3 is 0 Å². The van der Waals surface area contributed by atoms with Gasteiger partial charge in [0.2, 0.25) is 0 Å². The number of fused-ring (bicyclic) bond motifs is 3. The normalized spacial score (nSPS) is 23.9. The second-order valence-electron chi connectivity index (χ2n) is 7.69. The number of piperidine rings is 1. The summed E-state index contributed by atoms with van der Waals surface area (Å²) in [5.41, 5.74) is 14.1. The first-order chi connectivity index (χ1) is 13.6. The highest BCUT2D eigenvalue weighted by atomic mass is 16.1. The van der Waals surface area contributed by atoms with Gasteiger partial charge in [0.1, 0.15) is 5.82 Å². The van der Waals surface area contributed by atoms with E-state index < -0.39 is 5.91 Å². The van der Waals surface area contributed by atoms with Crippen LogP contribution in [0.25, 0.3) is 5.52 Å². The van der Waals surface area contributed by atoms with E-state index in [1.807, 2.05) is 30.5 Å². The largest absolute Gasteiger partial charge is 0.397 e. The van der Waals surface area contributed by atoms with Crippen molar-refractivity contribution in [2.45, 2.75) is 43.8 Å². The monoisotopic (exact) mass is 377 g/mol. The van der Waals surface area contributed by atoms with E-state index in [1.165, 1.54) is 0 Å². The first-order valence-electron chi connectivity index (χ1n) is 9.62. The van der Waals surface area contributed by atoms with Gasteiger partial charge in [-0.2, -0.15) is 5.10 Å². The highest BCUT2D eigenvalue weighted by Crippen LogP contribution is 2.40. The van der Waals surface area contributed by atoms with Crippen LogP contribution < -0.4 is 21.7 Å². The molecule has 144 valence electrons. The lowest BCUT2D eigenvalue weighted by molar-refractivity contribution is 0.100. The number of pyridine rings is 1. The fourth-order valence-corrected chi connectivity index (χ4v) is 4.76. The van der Waals surface area contributed by atoms with Crippen LogP contribution in [0, 0.1) is 0 Å². The third-order valence-electron chi connectivity index (χ3n) is 5.95. The minimum absolute atomic E-state index is 0.265. The number of anilines is 3. The third-order valence-corrected chi connectivity index (χ3v) is 5.95. The van der Waals surface area contributed by atoms with Gasteiger partial charge in [0.25, 0.3) is 5.91 Å². The molecule has 2 unspecified atom stereocenters. The molecule has 0 radical (unpaired) electrons. The second-order valence-corrected chi connectivity index (χ2v) is 7.69. The zero-order valence-electron chi connectivity index (χ0n) is 15.5. The van der Waals surface area contributed by atoms with Crippen molar-refractivity contribution in [1.29, 1.82) is 0 Å². The van der Waals surface area contributed by atoms with Crippen molar-refractivity contribution in [3.63, 3.8) is 0 Å². The number of carbonyl (C=O) groups excluding carboxylic acids is 1. The summed E-state index contributed by atoms with van der Waals surface area (Å²) in [4.78, 5) is 18.9. The summed E-state index contributed by atoms with van der Waals surface area (Å²) >= 11 is 0. The molecule has 2 saturated heterocycles. The second kappa shape index (κ2) is 6.40. The molecule has 0 spiro atoms. The minimum atomic E-state index is -0.467. The maximum atomic E-state index is 11.9. The average Bonchev–Trinajstić information content (AvgIpc) is 3.25. The van der Waals surface area contributed by atoms with E-state index in [0.29, 0.717) is 23.3 Å². The molecule has 3 aromatic rings. The Morgan fingerprint density at radius 2 is 1.93 bits per heavy atom. The number of aromatic nitrogens is 3. The topological polar surface area (TPSA) is 115 Å². The number of rotatable bonds is 4. The van der Waals surface area contributed by atoms with Crippen molar-refractivity contribution in [2.75, 3.05) is 16.0 Å². The van der Waals surface area contributed by atoms with Crippen LogP contribution in [-0.2, 0) is 0 Å². The fraction of sp³-hybridized carbons (Fsp3) is 0.350. The Morgan fingerprint density at radius 3 is 2.61 bits per heavy atom. The number of nitrogens with two attached hydrogens (primary N) is 2. The summed E-state index contributed by atoms with van der Waals surface area (Å²) in [6.45, 7) is 0. The van der Waals surface area contributed by atoms with E-state index in [-0.39, 0.29) is 6.04 Å². The van der Waals surface area contributed by atoms with Gasteiger partial charge in [0.05, 0.1) is 34.8 Å². The van der Waals surface area contributed by atoms with Crippen molar-refractivity contribution in [3.8, 4) is 0 Å². The number of hydrogen-bond acceptors (Lipinski definition) is 6. The summed E-state index contributed by atoms with van der Waals surface area (Å²) in [6, 6.07) is 8.89. The molecule has 3 aromatic heterocycles. The molecule has 0 aromatic carbocycles. The lowest BCUT2D eigenvalue weighted by Gasteiger charge is -2.40. The number of nitrogens with one attached hydrogen (secondary N) is 1. The van der Waals surface area contributed by atoms with Crippen molar-refractivity contribution in [2.24, 2.45) is 5.73 Å². The Morgan fingerprint density at radius 1 is 1.14 bits per heavy atom. The minimum Gasteiger partial charge on any atom is -0.397 e. The molecule has 2 bridgehead atoms. The van der Waals surface area contributed by atoms with Gasteiger partial charge in [-0.1, -0.05) is 0 Å². The lowest BCUT2D eigenvalue weighted by Crippen LogP contribution is -2.47. The zero-order valence-corrected chi connectivity index (χ0v) is 15.5. The van der Waals surface area contributed by atoms with Crippen LogP contribution in [0.3, 0.4) is 0 Å². The molecule has 28 heavy (non-hydrogen) atoms. The van der Waals surface area contributed by atoms with E-state index in [9.17, 15) is 4.79 Å². The number of carbonyl (C=O) groups is 1. The van der Waals surface area contributed by atoms with E-state index in [1.54, 1.807) is 16.9 Å². The van der Waals surface area contributed by atoms with Crippen LogP contribution in [0.4, 0.5) is 17.2 Å². The number of hydrogen-bond donors (Lipinski definition) is 3. The Balaban J connectivity index is 1.41. The first kappa shape index (κ1) is 16.9. The van der Waals surface area contributed by atoms with E-state index in [0.717, 1.165) is 42.7 Å². The highest BCUT2D eigenvalue weighted by Gasteiger charge is 2.41. The van der Waals surface area contributed by atoms with Gasteiger partial charge in [-0.25, -0.2) is 9.50 Å². The molecule has 5 N–H and O–H groups in total. The molecule has 0 aliphatic carbocycles. The predicted octanol–water partition coefficient (Wildman–Crippen LogP) is 2.02. The molecular formula is C20H23N7O. The highest BCUT2D eigenvalue weighted by molar-refractivity contribution is 6.01. The van der Waals surface area contributed by atoms with Crippen molar-refractivity contribution < 1.29 is 4.79 Å². The zero-order chi connectivity index (χ0) is 19.3. The summed E-state index contributed by atoms with van der Waals surface area (Å²) in [6.07, 6.45) is 9.39. The van der Waals surface area contributed by atoms with E-state index in [2.05, 4.69) is 20.3 Å². The molecule has 5 rings (SSSR count). The summed E-state index contributed by atoms with van der Waals surface area (Å²) in [5, 5.41) is 7.88. The standard InChI is InChI=1S/C20H23N7O/c21-12-3-6-18(23-10-12)27-14-4-5-15(27)9-13(8-14)25-19-16(20(22)28)11-24-26-7-1-2-17(19)26/h1-3,6-7,10-11,13-15,25H,4-5,8-9,21H2,(H2,22,28). The molecule has 0 saturated carbocycles. The Bertz CT molecular complexity index is 1010. The van der Waals surface area contributed by atoms with Crippen LogP contribution in [-0.4, -0.2) is 38.6 Å². The van der Waals surface area contributed by atoms with Crippen LogP contribution in [0.5, 0.6) is 0 Å². The van der Waals surface area contributed by atoms with Gasteiger partial charge in [-0.05, 0) is 49.9 Å². The van der Waals surface area contributed by atoms with Crippen molar-refractivity contribution in [1.82, 2.24) is 14.6 Å². The van der Waals surface area contributed by atoms with Crippen molar-refractivity contribution >= 4 is 28.6 Å². The summed E-state index contributed by atoms with van der Waals surface area (Å²) in [5.74, 6) is 0.529. The molecule has 8 nitrogen and oxygen atoms in total. The molecular weight excluding hydrogens is 354 g/mol. The summed E-state index contributed by atoms with van der Waals surface area (Å²) < 4.78 is 1.76. The van der Waals surface area contributed by atoms with Crippen LogP contribution >= 0.6 is 0 Å². The van der Waals surface area contributed by atoms with Gasteiger partial charge in [0.15, 0.2) is 0 Å². The molecule has 8 heteroatoms. The van der Waals surface area contributed by atoms with Crippen LogP contribution in [0.15, 0.2) is 42.9 Å². The SMILES string of the molecule is NC(=O)c1cnn2cccc2c1NC1CC2CCC(C1)N2c1ccc(N)cn1. The fourth-order valence-electron chi connectivity index (χ4n) is 4.76. The Hall–Kier alpha value is -3.29. The smallest absolute Gasteiger partial charge is 0.252 e. The molecule has 5 heterocycles. The number of primary amides is 1. The predicted molar refractivity (Wildman–Crippen MR) is 108 cm³/mol. The number of nitrogens with zero attached hydrogens (tertiary/aromatic N) is 4. The van der Waals surface area contributed by atoms with Gasteiger partial charge in [0, 0.05) is 24.3 Å². The molecule has 1 amide bonds. The maximum absolute atomic E-state index is 11.9. The van der Waals surface area contributed by atoms with E-state index in [4.69, 9.17) is 11.5 Å². The first-order valence-corrected chi connectivity index (χ1v) is 9.62. The summed E-state index contributed by atoms with van der Waals surface area (Å²) in [7, 11) is 0. The van der Waals surface area contributed by atoms with E-state index >= 15 is 0 Å². The maximum Gasteiger partial charge on any atom is 0.252 e. The molecule has 2 atom stereocenters. The van der Waals surface area contributed by atoms with Gasteiger partial charge in [-0.15, -0.1) is 0 Å².